The molecule has 0 fully saturated rings. The van der Waals surface area contributed by atoms with Crippen LogP contribution in [0.4, 0.5) is 0 Å². The van der Waals surface area contributed by atoms with Gasteiger partial charge >= 0.3 is 0 Å². The van der Waals surface area contributed by atoms with Gasteiger partial charge in [-0.3, -0.25) is 0 Å². The summed E-state index contributed by atoms with van der Waals surface area (Å²) in [4.78, 5) is 0.0202. The van der Waals surface area contributed by atoms with Gasteiger partial charge < -0.3 is 4.18 Å². The molecule has 0 unspecified atom stereocenters. The highest BCUT2D eigenvalue weighted by Gasteiger charge is 2.19. The van der Waals surface area contributed by atoms with Crippen molar-refractivity contribution in [3.63, 3.8) is 0 Å². The molecule has 1 aliphatic heterocycles. The van der Waals surface area contributed by atoms with Gasteiger partial charge in [-0.1, -0.05) is 12.1 Å². The van der Waals surface area contributed by atoms with Crippen LogP contribution in [0.15, 0.2) is 28.5 Å². The van der Waals surface area contributed by atoms with Gasteiger partial charge in [0, 0.05) is 11.0 Å². The zero-order valence-electron chi connectivity index (χ0n) is 7.01. The van der Waals surface area contributed by atoms with Gasteiger partial charge in [0.2, 0.25) is 10.0 Å². The molecule has 2 N–H and O–H groups in total. The summed E-state index contributed by atoms with van der Waals surface area (Å²) in [6, 6.07) is 4.82. The van der Waals surface area contributed by atoms with Crippen LogP contribution in [0, 0.1) is 0 Å². The molecule has 0 aromatic heterocycles. The number of hydrogen-bond acceptors (Lipinski definition) is 4. The van der Waals surface area contributed by atoms with E-state index in [-0.39, 0.29) is 4.90 Å². The number of sulfonamides is 1. The molecular weight excluding hydrogens is 222 g/mol. The molecule has 1 heterocycles. The lowest BCUT2D eigenvalue weighted by Crippen LogP contribution is -2.13. The predicted molar refractivity (Wildman–Crippen MR) is 55.1 cm³/mol. The summed E-state index contributed by atoms with van der Waals surface area (Å²) < 4.78 is 27.5. The summed E-state index contributed by atoms with van der Waals surface area (Å²) in [5.74, 6) is 0.308. The molecule has 1 aromatic carbocycles. The summed E-state index contributed by atoms with van der Waals surface area (Å²) in [7, 11) is -3.72. The van der Waals surface area contributed by atoms with Crippen molar-refractivity contribution in [2.45, 2.75) is 4.90 Å². The van der Waals surface area contributed by atoms with Crippen LogP contribution in [-0.2, 0) is 10.0 Å². The Balaban J connectivity index is 2.69. The number of benzene rings is 1. The molecule has 74 valence electrons. The highest BCUT2D eigenvalue weighted by Crippen LogP contribution is 2.34. The first-order valence-corrected chi connectivity index (χ1v) is 6.10. The van der Waals surface area contributed by atoms with Gasteiger partial charge in [-0.25, -0.2) is 13.6 Å². The van der Waals surface area contributed by atoms with Crippen molar-refractivity contribution in [3.8, 4) is 5.75 Å². The second-order valence-electron chi connectivity index (χ2n) is 2.70. The zero-order valence-corrected chi connectivity index (χ0v) is 8.64. The van der Waals surface area contributed by atoms with E-state index in [9.17, 15) is 8.42 Å². The lowest BCUT2D eigenvalue weighted by atomic mass is 10.2. The molecule has 4 nitrogen and oxygen atoms in total. The van der Waals surface area contributed by atoms with E-state index in [1.165, 1.54) is 6.07 Å². The van der Waals surface area contributed by atoms with E-state index in [2.05, 4.69) is 0 Å². The van der Waals surface area contributed by atoms with E-state index in [1.54, 1.807) is 23.6 Å². The number of hydrogen-bond donors (Lipinski definition) is 1. The minimum absolute atomic E-state index is 0.0202. The van der Waals surface area contributed by atoms with Gasteiger partial charge in [-0.05, 0) is 12.1 Å². The molecule has 0 amide bonds. The molecule has 0 saturated carbocycles. The number of nitrogens with two attached hydrogens (primary N) is 1. The number of rotatable bonds is 1. The van der Waals surface area contributed by atoms with Crippen molar-refractivity contribution in [1.82, 2.24) is 0 Å². The molecule has 0 spiro atoms. The molecule has 0 radical (unpaired) electrons. The van der Waals surface area contributed by atoms with E-state index in [0.29, 0.717) is 5.75 Å². The average molecular weight is 229 g/mol. The molecule has 0 bridgehead atoms. The van der Waals surface area contributed by atoms with E-state index < -0.39 is 10.0 Å². The van der Waals surface area contributed by atoms with Crippen LogP contribution in [0.1, 0.15) is 5.56 Å². The summed E-state index contributed by atoms with van der Waals surface area (Å²) in [6.07, 6.45) is 1.78. The van der Waals surface area contributed by atoms with Crippen LogP contribution < -0.4 is 9.32 Å². The van der Waals surface area contributed by atoms with Gasteiger partial charge in [0.25, 0.3) is 0 Å². The van der Waals surface area contributed by atoms with Gasteiger partial charge in [0.1, 0.15) is 4.90 Å². The third-order valence-corrected chi connectivity index (χ3v) is 3.20. The van der Waals surface area contributed by atoms with Crippen molar-refractivity contribution >= 4 is 28.1 Å². The Bertz CT molecular complexity index is 493. The molecular formula is C8H7NO3S2. The minimum atomic E-state index is -3.72. The Morgan fingerprint density at radius 1 is 1.36 bits per heavy atom. The molecule has 0 atom stereocenters. The van der Waals surface area contributed by atoms with Gasteiger partial charge in [0.15, 0.2) is 5.75 Å². The quantitative estimate of drug-likeness (QED) is 0.738. The van der Waals surface area contributed by atoms with Crippen molar-refractivity contribution < 1.29 is 12.6 Å². The van der Waals surface area contributed by atoms with Crippen molar-refractivity contribution in [3.05, 3.63) is 29.2 Å². The predicted octanol–water partition coefficient (Wildman–Crippen LogP) is 1.35. The molecule has 6 heteroatoms. The zero-order chi connectivity index (χ0) is 10.2. The summed E-state index contributed by atoms with van der Waals surface area (Å²) in [6.45, 7) is 0. The second-order valence-corrected chi connectivity index (χ2v) is 4.86. The normalized spacial score (nSPS) is 14.6. The van der Waals surface area contributed by atoms with E-state index in [0.717, 1.165) is 17.6 Å². The SMILES string of the molecule is NS(=O)(=O)c1cccc2c1OSC=C2. The van der Waals surface area contributed by atoms with Gasteiger partial charge in [-0.15, -0.1) is 0 Å². The Morgan fingerprint density at radius 3 is 2.86 bits per heavy atom. The fraction of sp³-hybridized carbons (Fsp3) is 0. The Hall–Kier alpha value is -0.980. The number of para-hydroxylation sites is 1. The first kappa shape index (κ1) is 9.57. The summed E-state index contributed by atoms with van der Waals surface area (Å²) in [5.41, 5.74) is 0.718. The van der Waals surface area contributed by atoms with Crippen LogP contribution in [0.3, 0.4) is 0 Å². The monoisotopic (exact) mass is 229 g/mol. The topological polar surface area (TPSA) is 69.4 Å². The van der Waals surface area contributed by atoms with Gasteiger partial charge in [-0.2, -0.15) is 0 Å². The second kappa shape index (κ2) is 3.30. The first-order valence-electron chi connectivity index (χ1n) is 3.75. The molecule has 1 aromatic rings. The minimum Gasteiger partial charge on any atom is -0.419 e. The third kappa shape index (κ3) is 1.63. The largest absolute Gasteiger partial charge is 0.419 e. The van der Waals surface area contributed by atoms with Crippen LogP contribution >= 0.6 is 12.0 Å². The standard InChI is InChI=1S/C8H7NO3S2/c9-14(10,11)7-3-1-2-6-4-5-13-12-8(6)7/h1-5H,(H2,9,10,11). The summed E-state index contributed by atoms with van der Waals surface area (Å²) >= 11 is 1.07. The smallest absolute Gasteiger partial charge is 0.241 e. The maximum Gasteiger partial charge on any atom is 0.241 e. The van der Waals surface area contributed by atoms with Crippen LogP contribution in [-0.4, -0.2) is 8.42 Å². The molecule has 2 rings (SSSR count). The summed E-state index contributed by atoms with van der Waals surface area (Å²) in [5, 5.41) is 6.77. The van der Waals surface area contributed by atoms with Crippen LogP contribution in [0.25, 0.3) is 6.08 Å². The van der Waals surface area contributed by atoms with Crippen LogP contribution in [0.5, 0.6) is 5.75 Å². The maximum atomic E-state index is 11.2. The molecule has 0 saturated heterocycles. The first-order chi connectivity index (χ1) is 6.59. The Kier molecular flexibility index (Phi) is 2.26. The van der Waals surface area contributed by atoms with Crippen LogP contribution in [0.2, 0.25) is 0 Å². The Labute approximate surface area is 86.0 Å². The lowest BCUT2D eigenvalue weighted by molar-refractivity contribution is 0.583. The highest BCUT2D eigenvalue weighted by atomic mass is 32.2. The molecule has 14 heavy (non-hydrogen) atoms. The van der Waals surface area contributed by atoms with E-state index in [1.807, 2.05) is 0 Å². The maximum absolute atomic E-state index is 11.2. The third-order valence-electron chi connectivity index (χ3n) is 1.75. The van der Waals surface area contributed by atoms with Crippen molar-refractivity contribution in [2.24, 2.45) is 5.14 Å². The number of primary sulfonamides is 1. The Morgan fingerprint density at radius 2 is 2.14 bits per heavy atom. The number of fused-ring (bicyclic) bond motifs is 1. The highest BCUT2D eigenvalue weighted by molar-refractivity contribution is 7.98. The molecule has 0 aliphatic carbocycles. The average Bonchev–Trinajstić information content (AvgIpc) is 2.15. The fourth-order valence-electron chi connectivity index (χ4n) is 1.15. The molecule has 1 aliphatic rings. The van der Waals surface area contributed by atoms with Gasteiger partial charge in [0.05, 0.1) is 12.0 Å². The fourth-order valence-corrected chi connectivity index (χ4v) is 2.43. The lowest BCUT2D eigenvalue weighted by Gasteiger charge is -2.13. The van der Waals surface area contributed by atoms with E-state index in [4.69, 9.17) is 9.32 Å². The van der Waals surface area contributed by atoms with Crippen molar-refractivity contribution in [1.29, 1.82) is 0 Å². The van der Waals surface area contributed by atoms with Crippen molar-refractivity contribution in [2.75, 3.05) is 0 Å². The van der Waals surface area contributed by atoms with E-state index >= 15 is 0 Å².